The molecule has 7 heteroatoms. The Labute approximate surface area is 130 Å². The lowest BCUT2D eigenvalue weighted by Gasteiger charge is -2.18. The van der Waals surface area contributed by atoms with Crippen molar-refractivity contribution in [3.05, 3.63) is 33.8 Å². The van der Waals surface area contributed by atoms with Crippen molar-refractivity contribution >= 4 is 21.8 Å². The Bertz CT molecular complexity index is 503. The van der Waals surface area contributed by atoms with E-state index in [2.05, 4.69) is 21.2 Å². The van der Waals surface area contributed by atoms with Crippen molar-refractivity contribution in [2.24, 2.45) is 0 Å². The standard InChI is InChI=1S/C14H18BrF3N2O/c1-9(6-7-20(2)3)19-13(21)11-5-4-10(15)8-12(11)14(16,17)18/h4-5,8-9H,6-7H2,1-3H3,(H,19,21). The molecular formula is C14H18BrF3N2O. The number of carbonyl (C=O) groups is 1. The number of rotatable bonds is 5. The average Bonchev–Trinajstić information content (AvgIpc) is 2.35. The quantitative estimate of drug-likeness (QED) is 0.864. The number of hydrogen-bond acceptors (Lipinski definition) is 2. The number of carbonyl (C=O) groups excluding carboxylic acids is 1. The fourth-order valence-electron chi connectivity index (χ4n) is 1.77. The van der Waals surface area contributed by atoms with Gasteiger partial charge in [-0.1, -0.05) is 15.9 Å². The van der Waals surface area contributed by atoms with Crippen LogP contribution in [0.5, 0.6) is 0 Å². The molecule has 0 saturated heterocycles. The van der Waals surface area contributed by atoms with Gasteiger partial charge in [-0.2, -0.15) is 13.2 Å². The van der Waals surface area contributed by atoms with Crippen LogP contribution in [0.3, 0.4) is 0 Å². The molecule has 1 amide bonds. The first-order valence-electron chi connectivity index (χ1n) is 6.43. The summed E-state index contributed by atoms with van der Waals surface area (Å²) >= 11 is 2.99. The van der Waals surface area contributed by atoms with E-state index in [0.717, 1.165) is 12.6 Å². The van der Waals surface area contributed by atoms with Crippen LogP contribution in [0.25, 0.3) is 0 Å². The Hall–Kier alpha value is -1.08. The van der Waals surface area contributed by atoms with Gasteiger partial charge >= 0.3 is 6.18 Å². The van der Waals surface area contributed by atoms with E-state index in [0.29, 0.717) is 6.42 Å². The molecule has 1 aromatic carbocycles. The van der Waals surface area contributed by atoms with Crippen LogP contribution >= 0.6 is 15.9 Å². The first kappa shape index (κ1) is 18.0. The first-order valence-corrected chi connectivity index (χ1v) is 7.23. The predicted octanol–water partition coefficient (Wildman–Crippen LogP) is 3.54. The summed E-state index contributed by atoms with van der Waals surface area (Å²) < 4.78 is 39.2. The summed E-state index contributed by atoms with van der Waals surface area (Å²) in [6, 6.07) is 3.32. The van der Waals surface area contributed by atoms with Crippen LogP contribution in [0.1, 0.15) is 29.3 Å². The summed E-state index contributed by atoms with van der Waals surface area (Å²) in [5.41, 5.74) is -1.29. The van der Waals surface area contributed by atoms with E-state index < -0.39 is 17.6 Å². The summed E-state index contributed by atoms with van der Waals surface area (Å²) in [6.07, 6.45) is -3.90. The maximum Gasteiger partial charge on any atom is 0.417 e. The molecule has 0 aliphatic heterocycles. The minimum atomic E-state index is -4.57. The number of amides is 1. The fourth-order valence-corrected chi connectivity index (χ4v) is 2.14. The SMILES string of the molecule is CC(CCN(C)C)NC(=O)c1ccc(Br)cc1C(F)(F)F. The molecule has 0 aliphatic carbocycles. The Kier molecular flexibility index (Phi) is 6.22. The van der Waals surface area contributed by atoms with Gasteiger partial charge in [-0.25, -0.2) is 0 Å². The third kappa shape index (κ3) is 5.67. The van der Waals surface area contributed by atoms with Crippen LogP contribution in [0.4, 0.5) is 13.2 Å². The van der Waals surface area contributed by atoms with Gasteiger partial charge < -0.3 is 10.2 Å². The molecule has 0 fully saturated rings. The van der Waals surface area contributed by atoms with Crippen molar-refractivity contribution in [2.45, 2.75) is 25.6 Å². The molecule has 0 spiro atoms. The molecule has 0 radical (unpaired) electrons. The molecule has 3 nitrogen and oxygen atoms in total. The Morgan fingerprint density at radius 2 is 2.00 bits per heavy atom. The zero-order chi connectivity index (χ0) is 16.2. The van der Waals surface area contributed by atoms with Crippen LogP contribution in [0, 0.1) is 0 Å². The van der Waals surface area contributed by atoms with Crippen molar-refractivity contribution in [3.8, 4) is 0 Å². The lowest BCUT2D eigenvalue weighted by atomic mass is 10.1. The maximum absolute atomic E-state index is 13.0. The molecule has 1 atom stereocenters. The molecule has 1 rings (SSSR count). The molecule has 0 bridgehead atoms. The highest BCUT2D eigenvalue weighted by Crippen LogP contribution is 2.33. The molecule has 0 aliphatic rings. The van der Waals surface area contributed by atoms with Crippen LogP contribution in [-0.2, 0) is 6.18 Å². The van der Waals surface area contributed by atoms with Gasteiger partial charge in [0, 0.05) is 10.5 Å². The van der Waals surface area contributed by atoms with Gasteiger partial charge in [-0.05, 0) is 52.2 Å². The van der Waals surface area contributed by atoms with Crippen LogP contribution in [-0.4, -0.2) is 37.5 Å². The number of halogens is 4. The van der Waals surface area contributed by atoms with Crippen molar-refractivity contribution in [3.63, 3.8) is 0 Å². The molecule has 21 heavy (non-hydrogen) atoms. The van der Waals surface area contributed by atoms with E-state index in [1.807, 2.05) is 19.0 Å². The highest BCUT2D eigenvalue weighted by atomic mass is 79.9. The molecule has 1 N–H and O–H groups in total. The zero-order valence-corrected chi connectivity index (χ0v) is 13.7. The summed E-state index contributed by atoms with van der Waals surface area (Å²) in [6.45, 7) is 2.52. The predicted molar refractivity (Wildman–Crippen MR) is 79.2 cm³/mol. The van der Waals surface area contributed by atoms with Crippen LogP contribution in [0.2, 0.25) is 0 Å². The number of hydrogen-bond donors (Lipinski definition) is 1. The van der Waals surface area contributed by atoms with E-state index in [1.54, 1.807) is 6.92 Å². The van der Waals surface area contributed by atoms with Gasteiger partial charge in [0.2, 0.25) is 0 Å². The fraction of sp³-hybridized carbons (Fsp3) is 0.500. The van der Waals surface area contributed by atoms with Crippen molar-refractivity contribution < 1.29 is 18.0 Å². The molecule has 118 valence electrons. The maximum atomic E-state index is 13.0. The average molecular weight is 367 g/mol. The van der Waals surface area contributed by atoms with Gasteiger partial charge in [-0.15, -0.1) is 0 Å². The number of nitrogens with one attached hydrogen (secondary N) is 1. The lowest BCUT2D eigenvalue weighted by molar-refractivity contribution is -0.138. The monoisotopic (exact) mass is 366 g/mol. The third-order valence-corrected chi connectivity index (χ3v) is 3.41. The topological polar surface area (TPSA) is 32.3 Å². The van der Waals surface area contributed by atoms with Crippen molar-refractivity contribution in [2.75, 3.05) is 20.6 Å². The van der Waals surface area contributed by atoms with E-state index in [4.69, 9.17) is 0 Å². The van der Waals surface area contributed by atoms with Crippen molar-refractivity contribution in [1.82, 2.24) is 10.2 Å². The smallest absolute Gasteiger partial charge is 0.350 e. The Morgan fingerprint density at radius 3 is 2.52 bits per heavy atom. The van der Waals surface area contributed by atoms with E-state index >= 15 is 0 Å². The van der Waals surface area contributed by atoms with Crippen LogP contribution in [0.15, 0.2) is 22.7 Å². The van der Waals surface area contributed by atoms with Gasteiger partial charge in [-0.3, -0.25) is 4.79 Å². The normalized spacial score (nSPS) is 13.3. The molecule has 0 heterocycles. The largest absolute Gasteiger partial charge is 0.417 e. The molecule has 1 aromatic rings. The Morgan fingerprint density at radius 1 is 1.38 bits per heavy atom. The first-order chi connectivity index (χ1) is 9.61. The summed E-state index contributed by atoms with van der Waals surface area (Å²) in [4.78, 5) is 14.0. The Balaban J connectivity index is 2.88. The van der Waals surface area contributed by atoms with Crippen molar-refractivity contribution in [1.29, 1.82) is 0 Å². The lowest BCUT2D eigenvalue weighted by Crippen LogP contribution is -2.35. The molecule has 0 saturated carbocycles. The molecule has 0 aromatic heterocycles. The second-order valence-corrected chi connectivity index (χ2v) is 6.07. The highest BCUT2D eigenvalue weighted by molar-refractivity contribution is 9.10. The number of alkyl halides is 3. The minimum Gasteiger partial charge on any atom is -0.350 e. The second kappa shape index (κ2) is 7.26. The van der Waals surface area contributed by atoms with Gasteiger partial charge in [0.1, 0.15) is 0 Å². The van der Waals surface area contributed by atoms with Crippen LogP contribution < -0.4 is 5.32 Å². The highest BCUT2D eigenvalue weighted by Gasteiger charge is 2.35. The summed E-state index contributed by atoms with van der Waals surface area (Å²) in [5, 5.41) is 2.60. The van der Waals surface area contributed by atoms with Gasteiger partial charge in [0.05, 0.1) is 11.1 Å². The third-order valence-electron chi connectivity index (χ3n) is 2.92. The van der Waals surface area contributed by atoms with E-state index in [-0.39, 0.29) is 16.1 Å². The van der Waals surface area contributed by atoms with Gasteiger partial charge in [0.25, 0.3) is 5.91 Å². The van der Waals surface area contributed by atoms with E-state index in [9.17, 15) is 18.0 Å². The summed E-state index contributed by atoms with van der Waals surface area (Å²) in [5.74, 6) is -0.707. The summed E-state index contributed by atoms with van der Waals surface area (Å²) in [7, 11) is 3.79. The van der Waals surface area contributed by atoms with Gasteiger partial charge in [0.15, 0.2) is 0 Å². The van der Waals surface area contributed by atoms with E-state index in [1.165, 1.54) is 12.1 Å². The zero-order valence-electron chi connectivity index (χ0n) is 12.1. The minimum absolute atomic E-state index is 0.204. The second-order valence-electron chi connectivity index (χ2n) is 5.15. The number of benzene rings is 1. The molecular weight excluding hydrogens is 349 g/mol. The number of nitrogens with zero attached hydrogens (tertiary/aromatic N) is 1. The molecule has 1 unspecified atom stereocenters.